The minimum atomic E-state index is -0.506. The molecule has 1 N–H and O–H groups in total. The number of esters is 1. The number of hydrazone groups is 1. The largest absolute Gasteiger partial charge is 0.465 e. The van der Waals surface area contributed by atoms with Gasteiger partial charge >= 0.3 is 5.97 Å². The normalized spacial score (nSPS) is 10.8. The van der Waals surface area contributed by atoms with Gasteiger partial charge in [-0.25, -0.2) is 9.78 Å². The first-order chi connectivity index (χ1) is 7.79. The van der Waals surface area contributed by atoms with Crippen molar-refractivity contribution in [2.75, 3.05) is 12.5 Å². The fraction of sp³-hybridized carbons (Fsp3) is 0.100. The summed E-state index contributed by atoms with van der Waals surface area (Å²) in [6, 6.07) is 7.76. The second-order valence-electron chi connectivity index (χ2n) is 2.88. The molecule has 1 aromatic carbocycles. The fourth-order valence-corrected chi connectivity index (χ4v) is 1.93. The molecule has 16 heavy (non-hydrogen) atoms. The first-order valence-corrected chi connectivity index (χ1v) is 5.34. The van der Waals surface area contributed by atoms with Crippen LogP contribution in [0.2, 0.25) is 0 Å². The maximum absolute atomic E-state index is 10.7. The number of methoxy groups -OCH3 is 1. The number of hydrogen-bond donors (Lipinski definition) is 1. The van der Waals surface area contributed by atoms with Gasteiger partial charge in [0.05, 0.1) is 17.3 Å². The number of para-hydroxylation sites is 1. The van der Waals surface area contributed by atoms with E-state index in [4.69, 9.17) is 0 Å². The van der Waals surface area contributed by atoms with E-state index in [9.17, 15) is 4.79 Å². The number of carbonyl (C=O) groups excluding carboxylic acids is 1. The zero-order valence-corrected chi connectivity index (χ0v) is 9.32. The molecule has 82 valence electrons. The molecule has 0 aliphatic rings. The van der Waals surface area contributed by atoms with Crippen molar-refractivity contribution in [3.05, 3.63) is 24.3 Å². The summed E-state index contributed by atoms with van der Waals surface area (Å²) < 4.78 is 5.47. The molecule has 2 rings (SSSR count). The smallest absolute Gasteiger partial charge is 0.350 e. The third-order valence-corrected chi connectivity index (χ3v) is 2.77. The highest BCUT2D eigenvalue weighted by molar-refractivity contribution is 7.22. The average Bonchev–Trinajstić information content (AvgIpc) is 2.71. The van der Waals surface area contributed by atoms with Crippen LogP contribution < -0.4 is 5.43 Å². The van der Waals surface area contributed by atoms with E-state index in [1.165, 1.54) is 18.4 Å². The van der Waals surface area contributed by atoms with Crippen LogP contribution in [0.25, 0.3) is 10.2 Å². The Morgan fingerprint density at radius 2 is 2.38 bits per heavy atom. The molecule has 0 amide bonds. The maximum atomic E-state index is 10.7. The average molecular weight is 235 g/mol. The number of ether oxygens (including phenoxy) is 1. The highest BCUT2D eigenvalue weighted by Gasteiger charge is 2.01. The third kappa shape index (κ3) is 2.34. The molecule has 0 saturated carbocycles. The molecular formula is C10H9N3O2S. The van der Waals surface area contributed by atoms with Gasteiger partial charge in [-0.3, -0.25) is 5.43 Å². The Hall–Kier alpha value is -1.95. The Balaban J connectivity index is 2.10. The number of thiazole rings is 1. The molecule has 0 saturated heterocycles. The van der Waals surface area contributed by atoms with Crippen LogP contribution in [0.5, 0.6) is 0 Å². The number of anilines is 1. The van der Waals surface area contributed by atoms with Crippen LogP contribution in [-0.4, -0.2) is 24.3 Å². The van der Waals surface area contributed by atoms with Gasteiger partial charge in [0.2, 0.25) is 5.13 Å². The minimum absolute atomic E-state index is 0.506. The van der Waals surface area contributed by atoms with Crippen LogP contribution in [0.4, 0.5) is 5.13 Å². The molecule has 5 nitrogen and oxygen atoms in total. The molecule has 6 heteroatoms. The standard InChI is InChI=1S/C10H9N3O2S/c1-15-9(14)6-11-13-10-12-7-4-2-3-5-8(7)16-10/h2-6H,1H3,(H,12,13). The number of hydrogen-bond acceptors (Lipinski definition) is 6. The molecule has 1 aromatic heterocycles. The Kier molecular flexibility index (Phi) is 3.11. The van der Waals surface area contributed by atoms with Gasteiger partial charge in [0.25, 0.3) is 0 Å². The fourth-order valence-electron chi connectivity index (χ4n) is 1.11. The van der Waals surface area contributed by atoms with E-state index in [1.54, 1.807) is 0 Å². The molecule has 0 atom stereocenters. The van der Waals surface area contributed by atoms with Crippen molar-refractivity contribution in [1.82, 2.24) is 4.98 Å². The van der Waals surface area contributed by atoms with E-state index < -0.39 is 5.97 Å². The summed E-state index contributed by atoms with van der Waals surface area (Å²) in [6.07, 6.45) is 1.06. The van der Waals surface area contributed by atoms with Crippen molar-refractivity contribution in [3.8, 4) is 0 Å². The zero-order valence-electron chi connectivity index (χ0n) is 8.51. The Morgan fingerprint density at radius 1 is 1.56 bits per heavy atom. The van der Waals surface area contributed by atoms with Crippen LogP contribution in [-0.2, 0) is 9.53 Å². The van der Waals surface area contributed by atoms with Gasteiger partial charge in [-0.05, 0) is 12.1 Å². The van der Waals surface area contributed by atoms with Gasteiger partial charge in [0.15, 0.2) is 0 Å². The monoisotopic (exact) mass is 235 g/mol. The second kappa shape index (κ2) is 4.71. The van der Waals surface area contributed by atoms with Crippen LogP contribution in [0, 0.1) is 0 Å². The van der Waals surface area contributed by atoms with Gasteiger partial charge in [-0.2, -0.15) is 5.10 Å². The van der Waals surface area contributed by atoms with Crippen molar-refractivity contribution in [1.29, 1.82) is 0 Å². The summed E-state index contributed by atoms with van der Waals surface area (Å²) in [7, 11) is 1.30. The van der Waals surface area contributed by atoms with Crippen molar-refractivity contribution in [2.24, 2.45) is 5.10 Å². The number of benzene rings is 1. The number of rotatable bonds is 3. The molecule has 0 aliphatic carbocycles. The van der Waals surface area contributed by atoms with E-state index in [0.29, 0.717) is 5.13 Å². The summed E-state index contributed by atoms with van der Waals surface area (Å²) in [5.41, 5.74) is 3.58. The van der Waals surface area contributed by atoms with Crippen LogP contribution in [0.3, 0.4) is 0 Å². The highest BCUT2D eigenvalue weighted by atomic mass is 32.1. The third-order valence-electron chi connectivity index (χ3n) is 1.83. The lowest BCUT2D eigenvalue weighted by molar-refractivity contribution is -0.132. The molecule has 0 fully saturated rings. The SMILES string of the molecule is COC(=O)C=NNc1nc2ccccc2s1. The molecule has 0 radical (unpaired) electrons. The Labute approximate surface area is 95.8 Å². The topological polar surface area (TPSA) is 63.6 Å². The number of carbonyl (C=O) groups is 1. The van der Waals surface area contributed by atoms with Gasteiger partial charge < -0.3 is 4.74 Å². The molecule has 1 heterocycles. The number of fused-ring (bicyclic) bond motifs is 1. The minimum Gasteiger partial charge on any atom is -0.465 e. The molecular weight excluding hydrogens is 226 g/mol. The summed E-state index contributed by atoms with van der Waals surface area (Å²) in [5, 5.41) is 4.35. The Bertz CT molecular complexity index is 503. The lowest BCUT2D eigenvalue weighted by atomic mass is 10.3. The van der Waals surface area contributed by atoms with Gasteiger partial charge in [0.1, 0.15) is 6.21 Å². The van der Waals surface area contributed by atoms with Crippen molar-refractivity contribution >= 4 is 38.9 Å². The quantitative estimate of drug-likeness (QED) is 0.501. The van der Waals surface area contributed by atoms with Crippen LogP contribution in [0.15, 0.2) is 29.4 Å². The maximum Gasteiger partial charge on any atom is 0.350 e. The van der Waals surface area contributed by atoms with Crippen molar-refractivity contribution < 1.29 is 9.53 Å². The van der Waals surface area contributed by atoms with E-state index in [1.807, 2.05) is 24.3 Å². The molecule has 0 bridgehead atoms. The summed E-state index contributed by atoms with van der Waals surface area (Å²) in [6.45, 7) is 0. The predicted octanol–water partition coefficient (Wildman–Crippen LogP) is 1.87. The van der Waals surface area contributed by atoms with Gasteiger partial charge in [0, 0.05) is 0 Å². The molecule has 0 aliphatic heterocycles. The number of aromatic nitrogens is 1. The second-order valence-corrected chi connectivity index (χ2v) is 3.91. The number of nitrogens with one attached hydrogen (secondary N) is 1. The van der Waals surface area contributed by atoms with Gasteiger partial charge in [-0.1, -0.05) is 23.5 Å². The summed E-state index contributed by atoms with van der Waals surface area (Å²) in [5.74, 6) is -0.506. The number of nitrogens with zero attached hydrogens (tertiary/aromatic N) is 2. The lowest BCUT2D eigenvalue weighted by Crippen LogP contribution is -2.02. The summed E-state index contributed by atoms with van der Waals surface area (Å²) >= 11 is 1.47. The van der Waals surface area contributed by atoms with Crippen LogP contribution >= 0.6 is 11.3 Å². The first kappa shape index (κ1) is 10.6. The molecule has 0 spiro atoms. The zero-order chi connectivity index (χ0) is 11.4. The molecule has 0 unspecified atom stereocenters. The van der Waals surface area contributed by atoms with E-state index in [-0.39, 0.29) is 0 Å². The first-order valence-electron chi connectivity index (χ1n) is 4.52. The predicted molar refractivity (Wildman–Crippen MR) is 63.8 cm³/mol. The van der Waals surface area contributed by atoms with Crippen molar-refractivity contribution in [2.45, 2.75) is 0 Å². The summed E-state index contributed by atoms with van der Waals surface area (Å²) in [4.78, 5) is 15.0. The molecule has 2 aromatic rings. The van der Waals surface area contributed by atoms with E-state index in [0.717, 1.165) is 16.4 Å². The van der Waals surface area contributed by atoms with Gasteiger partial charge in [-0.15, -0.1) is 0 Å². The Morgan fingerprint density at radius 3 is 3.12 bits per heavy atom. The lowest BCUT2D eigenvalue weighted by Gasteiger charge is -1.91. The van der Waals surface area contributed by atoms with E-state index >= 15 is 0 Å². The van der Waals surface area contributed by atoms with E-state index in [2.05, 4.69) is 20.2 Å². The highest BCUT2D eigenvalue weighted by Crippen LogP contribution is 2.24. The van der Waals surface area contributed by atoms with Crippen molar-refractivity contribution in [3.63, 3.8) is 0 Å². The van der Waals surface area contributed by atoms with Crippen LogP contribution in [0.1, 0.15) is 0 Å².